The zero-order valence-electron chi connectivity index (χ0n) is 15.6. The van der Waals surface area contributed by atoms with Crippen LogP contribution in [0.1, 0.15) is 31.9 Å². The molecule has 0 saturated carbocycles. The van der Waals surface area contributed by atoms with Gasteiger partial charge in [0, 0.05) is 6.54 Å². The first-order valence-corrected chi connectivity index (χ1v) is 8.90. The molecule has 0 radical (unpaired) electrons. The quantitative estimate of drug-likeness (QED) is 0.710. The van der Waals surface area contributed by atoms with Crippen molar-refractivity contribution in [3.8, 4) is 11.5 Å². The van der Waals surface area contributed by atoms with Gasteiger partial charge in [-0.15, -0.1) is 0 Å². The zero-order chi connectivity index (χ0) is 19.2. The van der Waals surface area contributed by atoms with Crippen molar-refractivity contribution in [2.45, 2.75) is 26.2 Å². The van der Waals surface area contributed by atoms with E-state index in [1.807, 2.05) is 0 Å². The summed E-state index contributed by atoms with van der Waals surface area (Å²) < 4.78 is 5.61. The lowest BCUT2D eigenvalue weighted by molar-refractivity contribution is -0.148. The number of phenols is 2. The maximum atomic E-state index is 13.0. The van der Waals surface area contributed by atoms with Crippen LogP contribution in [0.5, 0.6) is 11.5 Å². The van der Waals surface area contributed by atoms with E-state index in [9.17, 15) is 15.0 Å². The van der Waals surface area contributed by atoms with Crippen LogP contribution < -0.4 is 0 Å². The van der Waals surface area contributed by atoms with Crippen LogP contribution in [0.2, 0.25) is 0 Å². The molecule has 5 nitrogen and oxygen atoms in total. The third kappa shape index (κ3) is 4.35. The molecule has 26 heavy (non-hydrogen) atoms. The first kappa shape index (κ1) is 19.8. The Hall–Kier alpha value is -2.53. The standard InChI is InChI=1S/C21H27NO4/c1-4-22(5-2)14-15-26-20(25)21(3,16-6-10-18(23)11-7-16)17-8-12-19(24)13-9-17/h6-13,23-24H,4-5,14-15H2,1-3H3. The van der Waals surface area contributed by atoms with Gasteiger partial charge in [0.15, 0.2) is 0 Å². The Kier molecular flexibility index (Phi) is 6.64. The van der Waals surface area contributed by atoms with E-state index < -0.39 is 5.41 Å². The molecule has 2 rings (SSSR count). The molecule has 0 bridgehead atoms. The number of carbonyl (C=O) groups is 1. The number of aromatic hydroxyl groups is 2. The van der Waals surface area contributed by atoms with Crippen molar-refractivity contribution in [1.82, 2.24) is 4.90 Å². The molecule has 2 N–H and O–H groups in total. The SMILES string of the molecule is CCN(CC)CCOC(=O)C(C)(c1ccc(O)cc1)c1ccc(O)cc1. The van der Waals surface area contributed by atoms with Crippen molar-refractivity contribution in [2.24, 2.45) is 0 Å². The molecule has 0 amide bonds. The summed E-state index contributed by atoms with van der Waals surface area (Å²) in [6, 6.07) is 13.1. The van der Waals surface area contributed by atoms with E-state index >= 15 is 0 Å². The number of benzene rings is 2. The summed E-state index contributed by atoms with van der Waals surface area (Å²) in [6.45, 7) is 8.74. The van der Waals surface area contributed by atoms with Crippen LogP contribution in [0.15, 0.2) is 48.5 Å². The number of hydrogen-bond donors (Lipinski definition) is 2. The molecular weight excluding hydrogens is 330 g/mol. The number of carbonyl (C=O) groups excluding carboxylic acids is 1. The van der Waals surface area contributed by atoms with Crippen LogP contribution in [-0.2, 0) is 14.9 Å². The Balaban J connectivity index is 2.29. The van der Waals surface area contributed by atoms with Gasteiger partial charge in [-0.25, -0.2) is 0 Å². The fourth-order valence-electron chi connectivity index (χ4n) is 2.94. The highest BCUT2D eigenvalue weighted by Gasteiger charge is 2.39. The van der Waals surface area contributed by atoms with E-state index in [4.69, 9.17) is 4.74 Å². The molecule has 0 aromatic heterocycles. The van der Waals surface area contributed by atoms with E-state index in [1.54, 1.807) is 55.5 Å². The van der Waals surface area contributed by atoms with Gasteiger partial charge < -0.3 is 19.8 Å². The summed E-state index contributed by atoms with van der Waals surface area (Å²) in [5.74, 6) is -0.0885. The van der Waals surface area contributed by atoms with Crippen molar-refractivity contribution in [1.29, 1.82) is 0 Å². The highest BCUT2D eigenvalue weighted by Crippen LogP contribution is 2.35. The average Bonchev–Trinajstić information content (AvgIpc) is 2.65. The molecular formula is C21H27NO4. The molecule has 0 fully saturated rings. The summed E-state index contributed by atoms with van der Waals surface area (Å²) in [4.78, 5) is 15.2. The number of esters is 1. The van der Waals surface area contributed by atoms with E-state index in [0.717, 1.165) is 13.1 Å². The lowest BCUT2D eigenvalue weighted by Crippen LogP contribution is -2.37. The minimum Gasteiger partial charge on any atom is -0.508 e. The number of ether oxygens (including phenoxy) is 1. The number of nitrogens with zero attached hydrogens (tertiary/aromatic N) is 1. The van der Waals surface area contributed by atoms with Gasteiger partial charge in [-0.05, 0) is 55.4 Å². The zero-order valence-corrected chi connectivity index (χ0v) is 15.6. The van der Waals surface area contributed by atoms with Crippen molar-refractivity contribution < 1.29 is 19.7 Å². The molecule has 140 valence electrons. The van der Waals surface area contributed by atoms with Crippen molar-refractivity contribution in [3.05, 3.63) is 59.7 Å². The van der Waals surface area contributed by atoms with Gasteiger partial charge in [0.05, 0.1) is 0 Å². The number of phenolic OH excluding ortho intramolecular Hbond substituents is 2. The number of likely N-dealkylation sites (N-methyl/N-ethyl adjacent to an activating group) is 1. The Labute approximate surface area is 154 Å². The largest absolute Gasteiger partial charge is 0.508 e. The minimum atomic E-state index is -1.04. The van der Waals surface area contributed by atoms with Crippen LogP contribution in [0.25, 0.3) is 0 Å². The van der Waals surface area contributed by atoms with Crippen LogP contribution in [0.3, 0.4) is 0 Å². The van der Waals surface area contributed by atoms with Gasteiger partial charge >= 0.3 is 5.97 Å². The second-order valence-corrected chi connectivity index (χ2v) is 6.38. The molecule has 5 heteroatoms. The second-order valence-electron chi connectivity index (χ2n) is 6.38. The summed E-state index contributed by atoms with van der Waals surface area (Å²) in [5, 5.41) is 19.1. The number of rotatable bonds is 8. The molecule has 0 aliphatic heterocycles. The molecule has 0 aliphatic carbocycles. The van der Waals surface area contributed by atoms with Crippen molar-refractivity contribution in [2.75, 3.05) is 26.2 Å². The first-order valence-electron chi connectivity index (χ1n) is 8.90. The van der Waals surface area contributed by atoms with Gasteiger partial charge in [-0.1, -0.05) is 38.1 Å². The van der Waals surface area contributed by atoms with E-state index in [-0.39, 0.29) is 17.5 Å². The average molecular weight is 357 g/mol. The molecule has 0 aliphatic rings. The lowest BCUT2D eigenvalue weighted by Gasteiger charge is -2.29. The minimum absolute atomic E-state index is 0.136. The van der Waals surface area contributed by atoms with Crippen LogP contribution in [0.4, 0.5) is 0 Å². The maximum Gasteiger partial charge on any atom is 0.320 e. The lowest BCUT2D eigenvalue weighted by atomic mass is 9.76. The normalized spacial score (nSPS) is 11.5. The van der Waals surface area contributed by atoms with Crippen molar-refractivity contribution in [3.63, 3.8) is 0 Å². The monoisotopic (exact) mass is 357 g/mol. The third-order valence-corrected chi connectivity index (χ3v) is 4.83. The first-order chi connectivity index (χ1) is 12.4. The van der Waals surface area contributed by atoms with Gasteiger partial charge in [-0.2, -0.15) is 0 Å². The van der Waals surface area contributed by atoms with Crippen LogP contribution >= 0.6 is 0 Å². The molecule has 0 atom stereocenters. The van der Waals surface area contributed by atoms with Gasteiger partial charge in [0.2, 0.25) is 0 Å². The Morgan fingerprint density at radius 2 is 1.35 bits per heavy atom. The van der Waals surface area contributed by atoms with Gasteiger partial charge in [0.1, 0.15) is 23.5 Å². The highest BCUT2D eigenvalue weighted by atomic mass is 16.5. The van der Waals surface area contributed by atoms with E-state index in [0.29, 0.717) is 24.3 Å². The van der Waals surface area contributed by atoms with E-state index in [2.05, 4.69) is 18.7 Å². The summed E-state index contributed by atoms with van der Waals surface area (Å²) in [5.41, 5.74) is 0.396. The second kappa shape index (κ2) is 8.72. The fourth-order valence-corrected chi connectivity index (χ4v) is 2.94. The third-order valence-electron chi connectivity index (χ3n) is 4.83. The van der Waals surface area contributed by atoms with E-state index in [1.165, 1.54) is 0 Å². The van der Waals surface area contributed by atoms with Crippen molar-refractivity contribution >= 4 is 5.97 Å². The Bertz CT molecular complexity index is 660. The number of hydrogen-bond acceptors (Lipinski definition) is 5. The molecule has 0 heterocycles. The predicted molar refractivity (Wildman–Crippen MR) is 101 cm³/mol. The van der Waals surface area contributed by atoms with Gasteiger partial charge in [0.25, 0.3) is 0 Å². The summed E-state index contributed by atoms with van der Waals surface area (Å²) in [7, 11) is 0. The maximum absolute atomic E-state index is 13.0. The van der Waals surface area contributed by atoms with Crippen LogP contribution in [-0.4, -0.2) is 47.3 Å². The Morgan fingerprint density at radius 3 is 1.73 bits per heavy atom. The molecule has 0 spiro atoms. The fraction of sp³-hybridized carbons (Fsp3) is 0.381. The predicted octanol–water partition coefficient (Wildman–Crippen LogP) is 3.29. The molecule has 0 saturated heterocycles. The molecule has 2 aromatic rings. The highest BCUT2D eigenvalue weighted by molar-refractivity contribution is 5.87. The van der Waals surface area contributed by atoms with Crippen LogP contribution in [0, 0.1) is 0 Å². The smallest absolute Gasteiger partial charge is 0.320 e. The summed E-state index contributed by atoms with van der Waals surface area (Å²) in [6.07, 6.45) is 0. The summed E-state index contributed by atoms with van der Waals surface area (Å²) >= 11 is 0. The topological polar surface area (TPSA) is 70.0 Å². The van der Waals surface area contributed by atoms with Gasteiger partial charge in [-0.3, -0.25) is 4.79 Å². The molecule has 2 aromatic carbocycles. The molecule has 0 unspecified atom stereocenters. The Morgan fingerprint density at radius 1 is 0.923 bits per heavy atom.